The number of hydrogen-bond acceptors (Lipinski definition) is 14. The summed E-state index contributed by atoms with van der Waals surface area (Å²) in [6.45, 7) is 11.1. The summed E-state index contributed by atoms with van der Waals surface area (Å²) in [5.41, 5.74) is 3.34. The Morgan fingerprint density at radius 3 is 2.51 bits per heavy atom. The summed E-state index contributed by atoms with van der Waals surface area (Å²) < 4.78 is 69.5. The van der Waals surface area contributed by atoms with E-state index < -0.39 is 32.2 Å². The second kappa shape index (κ2) is 19.9. The summed E-state index contributed by atoms with van der Waals surface area (Å²) in [6, 6.07) is 18.5. The lowest BCUT2D eigenvalue weighted by Crippen LogP contribution is -2.54. The van der Waals surface area contributed by atoms with Crippen LogP contribution >= 0.6 is 0 Å². The molecule has 2 saturated carbocycles. The largest absolute Gasteiger partial charge is 0.489 e. The summed E-state index contributed by atoms with van der Waals surface area (Å²) in [5, 5.41) is 17.1. The van der Waals surface area contributed by atoms with Gasteiger partial charge in [-0.2, -0.15) is 4.98 Å². The summed E-state index contributed by atoms with van der Waals surface area (Å²) >= 11 is 0. The Hall–Kier alpha value is -5.82. The molecular formula is C54H66FN7O9S. The number of H-pyrrole nitrogens is 1. The van der Waals surface area contributed by atoms with E-state index in [1.54, 1.807) is 19.2 Å². The first-order valence-corrected chi connectivity index (χ1v) is 27.0. The van der Waals surface area contributed by atoms with Gasteiger partial charge >= 0.3 is 0 Å². The van der Waals surface area contributed by atoms with Crippen LogP contribution in [0, 0.1) is 22.1 Å². The molecule has 1 spiro atoms. The number of nitrogens with one attached hydrogen (secondary N) is 3. The minimum Gasteiger partial charge on any atom is -0.489 e. The van der Waals surface area contributed by atoms with Crippen molar-refractivity contribution in [1.29, 1.82) is 0 Å². The van der Waals surface area contributed by atoms with Crippen molar-refractivity contribution in [1.82, 2.24) is 19.6 Å². The molecule has 2 aromatic heterocycles. The molecule has 3 aromatic carbocycles. The van der Waals surface area contributed by atoms with Crippen LogP contribution in [0.3, 0.4) is 0 Å². The van der Waals surface area contributed by atoms with Gasteiger partial charge in [-0.25, -0.2) is 17.5 Å². The Balaban J connectivity index is 0.896. The summed E-state index contributed by atoms with van der Waals surface area (Å²) in [4.78, 5) is 38.5. The molecule has 5 aliphatic rings. The molecule has 2 aliphatic carbocycles. The minimum absolute atomic E-state index is 0.000760. The fourth-order valence-corrected chi connectivity index (χ4v) is 12.9. The van der Waals surface area contributed by atoms with Crippen LogP contribution in [0.25, 0.3) is 11.0 Å². The van der Waals surface area contributed by atoms with Crippen molar-refractivity contribution < 1.29 is 41.7 Å². The van der Waals surface area contributed by atoms with Crippen LogP contribution in [-0.2, 0) is 14.8 Å². The number of aromatic amines is 1. The molecule has 3 atom stereocenters. The molecule has 1 unspecified atom stereocenters. The van der Waals surface area contributed by atoms with Gasteiger partial charge in [-0.1, -0.05) is 38.1 Å². The van der Waals surface area contributed by atoms with E-state index in [0.717, 1.165) is 69.9 Å². The first kappa shape index (κ1) is 49.7. The number of benzene rings is 3. The molecule has 4 N–H and O–H groups in total. The Labute approximate surface area is 420 Å². The zero-order valence-corrected chi connectivity index (χ0v) is 42.5. The molecule has 384 valence electrons. The van der Waals surface area contributed by atoms with Crippen LogP contribution in [0.15, 0.2) is 76.9 Å². The highest BCUT2D eigenvalue weighted by molar-refractivity contribution is 7.90. The number of fused-ring (bicyclic) bond motifs is 2. The number of amides is 1. The van der Waals surface area contributed by atoms with Crippen molar-refractivity contribution in [2.24, 2.45) is 16.5 Å². The number of pyridine rings is 1. The van der Waals surface area contributed by atoms with E-state index in [1.807, 2.05) is 13.8 Å². The number of likely N-dealkylation sites (tertiary alicyclic amines) is 1. The number of aromatic nitrogens is 2. The average Bonchev–Trinajstić information content (AvgIpc) is 4.00. The highest BCUT2D eigenvalue weighted by Gasteiger charge is 2.50. The highest BCUT2D eigenvalue weighted by Crippen LogP contribution is 2.54. The van der Waals surface area contributed by atoms with Crippen LogP contribution in [0.1, 0.15) is 125 Å². The molecule has 1 amide bonds. The van der Waals surface area contributed by atoms with Gasteiger partial charge in [0.25, 0.3) is 21.8 Å². The number of aliphatic hydroxyl groups is 1. The summed E-state index contributed by atoms with van der Waals surface area (Å²) in [5.74, 6) is -0.887. The quantitative estimate of drug-likeness (QED) is 0.0724. The maximum absolute atomic E-state index is 15.1. The molecule has 3 aliphatic heterocycles. The molecule has 0 bridgehead atoms. The van der Waals surface area contributed by atoms with E-state index in [9.17, 15) is 23.2 Å². The van der Waals surface area contributed by atoms with Crippen molar-refractivity contribution in [2.75, 3.05) is 50.2 Å². The van der Waals surface area contributed by atoms with E-state index in [2.05, 4.69) is 73.1 Å². The number of piperidine rings is 1. The number of anilines is 2. The van der Waals surface area contributed by atoms with Crippen LogP contribution in [0.5, 0.6) is 23.1 Å². The molecule has 72 heavy (non-hydrogen) atoms. The molecule has 5 heterocycles. The number of hydrogen-bond donors (Lipinski definition) is 4. The fraction of sp³-hybridized carbons (Fsp3) is 0.519. The number of nitrogens with zero attached hydrogens (tertiary/aromatic N) is 4. The van der Waals surface area contributed by atoms with E-state index in [-0.39, 0.29) is 87.8 Å². The first-order valence-electron chi connectivity index (χ1n) is 25.5. The van der Waals surface area contributed by atoms with Crippen molar-refractivity contribution in [3.05, 3.63) is 94.3 Å². The SMILES string of the molecule is COC(C)COc1nc2[nH]cc(F)c2cc1Oc1cc(N2CCC3(CC2)CC(N2CCC[C@@H]2c2ccccc2C(C)C)C3)ccc1C(=O)NS(=O)(=O)c1cc(N=O)c2c(c1)OC[C@H](C1CCC(C)(O)CC1)N2. The number of sulfonamides is 1. The van der Waals surface area contributed by atoms with Crippen LogP contribution < -0.4 is 29.1 Å². The number of carbonyl (C=O) groups is 1. The third kappa shape index (κ3) is 9.98. The van der Waals surface area contributed by atoms with Gasteiger partial charge in [-0.3, -0.25) is 9.69 Å². The Bertz CT molecular complexity index is 2940. The van der Waals surface area contributed by atoms with Crippen molar-refractivity contribution in [3.8, 4) is 23.1 Å². The first-order chi connectivity index (χ1) is 34.5. The van der Waals surface area contributed by atoms with Gasteiger partial charge < -0.3 is 39.3 Å². The molecule has 10 rings (SSSR count). The van der Waals surface area contributed by atoms with Gasteiger partial charge in [0.1, 0.15) is 47.6 Å². The second-order valence-corrected chi connectivity index (χ2v) is 23.1. The second-order valence-electron chi connectivity index (χ2n) is 21.4. The maximum Gasteiger partial charge on any atom is 0.268 e. The van der Waals surface area contributed by atoms with E-state index >= 15 is 4.39 Å². The third-order valence-electron chi connectivity index (χ3n) is 16.2. The number of methoxy groups -OCH3 is 1. The topological polar surface area (TPSA) is 197 Å². The van der Waals surface area contributed by atoms with E-state index in [1.165, 1.54) is 48.4 Å². The predicted octanol–water partition coefficient (Wildman–Crippen LogP) is 10.2. The van der Waals surface area contributed by atoms with Gasteiger partial charge in [-0.15, -0.1) is 4.91 Å². The molecular weight excluding hydrogens is 942 g/mol. The Kier molecular flexibility index (Phi) is 13.7. The monoisotopic (exact) mass is 1010 g/mol. The number of carbonyl (C=O) groups excluding carboxylic acids is 1. The predicted molar refractivity (Wildman–Crippen MR) is 273 cm³/mol. The molecule has 16 nitrogen and oxygen atoms in total. The minimum atomic E-state index is -4.65. The Morgan fingerprint density at radius 2 is 1.78 bits per heavy atom. The van der Waals surface area contributed by atoms with Gasteiger partial charge in [0.15, 0.2) is 5.75 Å². The molecule has 18 heteroatoms. The van der Waals surface area contributed by atoms with Crippen molar-refractivity contribution in [2.45, 2.75) is 133 Å². The number of rotatable bonds is 15. The van der Waals surface area contributed by atoms with E-state index in [0.29, 0.717) is 30.8 Å². The molecule has 0 radical (unpaired) electrons. The molecule has 5 aromatic rings. The van der Waals surface area contributed by atoms with Gasteiger partial charge in [0, 0.05) is 62.4 Å². The van der Waals surface area contributed by atoms with Crippen LogP contribution in [0.4, 0.5) is 21.5 Å². The zero-order valence-electron chi connectivity index (χ0n) is 41.7. The standard InChI is InChI=1S/C54H66FN7O9S/c1-32(2)38-9-6-7-10-39(38)45-11-8-20-62(45)36-27-54(28-36)18-21-61(22-19-54)35-12-13-40(46(23-35)71-48-26-41-42(55)29-56-50(41)58-52(48)70-30-33(3)68-5)51(63)60-72(66,67)37-24-43(59-65)49-47(25-37)69-31-44(57-49)34-14-16-53(4,64)17-15-34/h6-7,9-10,12-13,23-26,29,32-34,36,44-45,57,64H,8,11,14-22,27-28,30-31H2,1-5H3,(H,56,58)(H,60,63)/t33?,34?,44-,45-,53?/m1/s1. The summed E-state index contributed by atoms with van der Waals surface area (Å²) in [7, 11) is -3.11. The maximum atomic E-state index is 15.1. The highest BCUT2D eigenvalue weighted by atomic mass is 32.2. The van der Waals surface area contributed by atoms with Crippen molar-refractivity contribution in [3.63, 3.8) is 0 Å². The zero-order chi connectivity index (χ0) is 50.5. The van der Waals surface area contributed by atoms with Crippen LogP contribution in [0.2, 0.25) is 0 Å². The Morgan fingerprint density at radius 1 is 1.01 bits per heavy atom. The molecule has 2 saturated heterocycles. The normalized spacial score (nSPS) is 23.8. The van der Waals surface area contributed by atoms with Gasteiger partial charge in [-0.05, 0) is 136 Å². The van der Waals surface area contributed by atoms with Crippen LogP contribution in [-0.4, -0.2) is 98.0 Å². The van der Waals surface area contributed by atoms with Crippen molar-refractivity contribution >= 4 is 44.0 Å². The fourth-order valence-electron chi connectivity index (χ4n) is 11.9. The molecule has 4 fully saturated rings. The number of ether oxygens (including phenoxy) is 4. The lowest BCUT2D eigenvalue weighted by Gasteiger charge is -2.56. The number of nitroso groups, excluding NO2 is 1. The lowest BCUT2D eigenvalue weighted by molar-refractivity contribution is -0.0227. The summed E-state index contributed by atoms with van der Waals surface area (Å²) in [6.07, 6.45) is 10.3. The number of halogens is 1. The lowest BCUT2D eigenvalue weighted by atomic mass is 9.59. The van der Waals surface area contributed by atoms with Gasteiger partial charge in [0.2, 0.25) is 0 Å². The third-order valence-corrected chi connectivity index (χ3v) is 17.5. The average molecular weight is 1010 g/mol. The smallest absolute Gasteiger partial charge is 0.268 e. The van der Waals surface area contributed by atoms with Gasteiger partial charge in [0.05, 0.1) is 33.6 Å². The van der Waals surface area contributed by atoms with E-state index in [4.69, 9.17) is 18.9 Å².